The van der Waals surface area contributed by atoms with Crippen molar-refractivity contribution in [1.29, 1.82) is 0 Å². The van der Waals surface area contributed by atoms with E-state index in [2.05, 4.69) is 12.2 Å². The zero-order chi connectivity index (χ0) is 15.0. The molecule has 110 valence electrons. The summed E-state index contributed by atoms with van der Waals surface area (Å²) in [7, 11) is 0. The van der Waals surface area contributed by atoms with E-state index in [9.17, 15) is 9.59 Å². The fourth-order valence-corrected chi connectivity index (χ4v) is 1.80. The van der Waals surface area contributed by atoms with Crippen molar-refractivity contribution in [2.75, 3.05) is 5.32 Å². The van der Waals surface area contributed by atoms with Gasteiger partial charge in [-0.05, 0) is 30.5 Å². The molecule has 0 heterocycles. The highest BCUT2D eigenvalue weighted by molar-refractivity contribution is 5.94. The molecular weight excluding hydrogens is 256 g/mol. The highest BCUT2D eigenvalue weighted by Crippen LogP contribution is 2.12. The second kappa shape index (κ2) is 8.32. The molecule has 0 saturated heterocycles. The number of aryl methyl sites for hydroxylation is 1. The van der Waals surface area contributed by atoms with Crippen LogP contribution in [0.25, 0.3) is 0 Å². The van der Waals surface area contributed by atoms with Gasteiger partial charge in [0.2, 0.25) is 5.91 Å². The highest BCUT2D eigenvalue weighted by Gasteiger charge is 2.12. The number of benzene rings is 1. The van der Waals surface area contributed by atoms with E-state index >= 15 is 0 Å². The summed E-state index contributed by atoms with van der Waals surface area (Å²) in [5.41, 5.74) is 7.40. The Hall–Kier alpha value is -1.88. The lowest BCUT2D eigenvalue weighted by atomic mass is 10.1. The van der Waals surface area contributed by atoms with Crippen molar-refractivity contribution >= 4 is 17.6 Å². The molecule has 1 rings (SSSR count). The maximum Gasteiger partial charge on any atom is 0.303 e. The molecule has 1 amide bonds. The monoisotopic (exact) mass is 278 g/mol. The number of carboxylic acids is 1. The first-order valence-corrected chi connectivity index (χ1v) is 6.90. The molecule has 1 aromatic carbocycles. The molecule has 0 aliphatic rings. The van der Waals surface area contributed by atoms with Gasteiger partial charge in [-0.2, -0.15) is 0 Å². The lowest BCUT2D eigenvalue weighted by Crippen LogP contribution is -2.35. The van der Waals surface area contributed by atoms with Crippen LogP contribution in [-0.4, -0.2) is 23.0 Å². The van der Waals surface area contributed by atoms with Crippen LogP contribution in [0.4, 0.5) is 5.69 Å². The van der Waals surface area contributed by atoms with E-state index in [0.717, 1.165) is 18.4 Å². The smallest absolute Gasteiger partial charge is 0.303 e. The summed E-state index contributed by atoms with van der Waals surface area (Å²) >= 11 is 0. The summed E-state index contributed by atoms with van der Waals surface area (Å²) in [5.74, 6) is -0.999. The molecule has 0 aliphatic heterocycles. The number of aliphatic carboxylic acids is 1. The Morgan fingerprint density at radius 3 is 2.50 bits per heavy atom. The molecule has 0 spiro atoms. The molecule has 0 aliphatic carbocycles. The van der Waals surface area contributed by atoms with Gasteiger partial charge in [-0.1, -0.05) is 31.9 Å². The first-order chi connectivity index (χ1) is 9.52. The van der Waals surface area contributed by atoms with Crippen molar-refractivity contribution < 1.29 is 14.7 Å². The molecule has 0 aromatic heterocycles. The maximum atomic E-state index is 11.8. The minimum atomic E-state index is -0.815. The van der Waals surface area contributed by atoms with Gasteiger partial charge >= 0.3 is 5.97 Å². The molecule has 0 unspecified atom stereocenters. The van der Waals surface area contributed by atoms with E-state index in [0.29, 0.717) is 18.5 Å². The van der Waals surface area contributed by atoms with Gasteiger partial charge in [-0.15, -0.1) is 0 Å². The van der Waals surface area contributed by atoms with Crippen molar-refractivity contribution in [1.82, 2.24) is 0 Å². The van der Waals surface area contributed by atoms with Crippen LogP contribution < -0.4 is 11.1 Å². The normalized spacial score (nSPS) is 11.9. The third kappa shape index (κ3) is 5.84. The van der Waals surface area contributed by atoms with E-state index in [1.165, 1.54) is 0 Å². The summed E-state index contributed by atoms with van der Waals surface area (Å²) in [5, 5.41) is 11.4. The number of nitrogens with two attached hydrogens (primary N) is 1. The summed E-state index contributed by atoms with van der Waals surface area (Å²) in [6.45, 7) is 2.06. The maximum absolute atomic E-state index is 11.8. The highest BCUT2D eigenvalue weighted by atomic mass is 16.4. The standard InChI is InChI=1S/C15H22N2O3/c1-2-3-4-13(16)15(20)17-12-8-5-11(6-9-12)7-10-14(18)19/h5-6,8-9,13H,2-4,7,10,16H2,1H3,(H,17,20)(H,18,19)/t13-/m0/s1. The Morgan fingerprint density at radius 2 is 1.95 bits per heavy atom. The second-order valence-corrected chi connectivity index (χ2v) is 4.83. The fraction of sp³-hybridized carbons (Fsp3) is 0.467. The Labute approximate surface area is 119 Å². The molecule has 5 nitrogen and oxygen atoms in total. The molecule has 0 saturated carbocycles. The van der Waals surface area contributed by atoms with Crippen molar-refractivity contribution in [3.05, 3.63) is 29.8 Å². The van der Waals surface area contributed by atoms with Crippen molar-refractivity contribution in [3.8, 4) is 0 Å². The molecule has 4 N–H and O–H groups in total. The lowest BCUT2D eigenvalue weighted by molar-refractivity contribution is -0.137. The topological polar surface area (TPSA) is 92.4 Å². The van der Waals surface area contributed by atoms with E-state index in [-0.39, 0.29) is 12.3 Å². The van der Waals surface area contributed by atoms with Gasteiger partial charge < -0.3 is 16.2 Å². The molecular formula is C15H22N2O3. The van der Waals surface area contributed by atoms with E-state index < -0.39 is 12.0 Å². The Balaban J connectivity index is 2.48. The quantitative estimate of drug-likeness (QED) is 0.679. The van der Waals surface area contributed by atoms with Crippen LogP contribution in [0.1, 0.15) is 38.2 Å². The minimum absolute atomic E-state index is 0.105. The lowest BCUT2D eigenvalue weighted by Gasteiger charge is -2.12. The summed E-state index contributed by atoms with van der Waals surface area (Å²) < 4.78 is 0. The van der Waals surface area contributed by atoms with Gasteiger partial charge in [0.15, 0.2) is 0 Å². The Kier molecular flexibility index (Phi) is 6.73. The number of amides is 1. The van der Waals surface area contributed by atoms with Gasteiger partial charge in [0, 0.05) is 12.1 Å². The molecule has 0 bridgehead atoms. The summed E-state index contributed by atoms with van der Waals surface area (Å²) in [6.07, 6.45) is 3.22. The number of rotatable bonds is 8. The average Bonchev–Trinajstić information content (AvgIpc) is 2.43. The van der Waals surface area contributed by atoms with Gasteiger partial charge in [0.05, 0.1) is 6.04 Å². The average molecular weight is 278 g/mol. The first-order valence-electron chi connectivity index (χ1n) is 6.90. The van der Waals surface area contributed by atoms with Gasteiger partial charge in [0.25, 0.3) is 0 Å². The zero-order valence-corrected chi connectivity index (χ0v) is 11.8. The van der Waals surface area contributed by atoms with Crippen LogP contribution in [0.15, 0.2) is 24.3 Å². The fourth-order valence-electron chi connectivity index (χ4n) is 1.80. The Bertz CT molecular complexity index is 443. The molecule has 1 atom stereocenters. The number of carbonyl (C=O) groups is 2. The molecule has 0 radical (unpaired) electrons. The second-order valence-electron chi connectivity index (χ2n) is 4.83. The zero-order valence-electron chi connectivity index (χ0n) is 11.8. The number of hydrogen-bond acceptors (Lipinski definition) is 3. The van der Waals surface area contributed by atoms with E-state index in [4.69, 9.17) is 10.8 Å². The molecule has 5 heteroatoms. The third-order valence-electron chi connectivity index (χ3n) is 3.05. The van der Waals surface area contributed by atoms with Gasteiger partial charge in [-0.3, -0.25) is 9.59 Å². The number of carboxylic acid groups (broad SMARTS) is 1. The molecule has 1 aromatic rings. The number of hydrogen-bond donors (Lipinski definition) is 3. The molecule has 0 fully saturated rings. The first kappa shape index (κ1) is 16.2. The van der Waals surface area contributed by atoms with Crippen molar-refractivity contribution in [2.24, 2.45) is 5.73 Å². The minimum Gasteiger partial charge on any atom is -0.481 e. The predicted octanol–water partition coefficient (Wildman–Crippen LogP) is 2.16. The predicted molar refractivity (Wildman–Crippen MR) is 78.5 cm³/mol. The van der Waals surface area contributed by atoms with Crippen molar-refractivity contribution in [3.63, 3.8) is 0 Å². The van der Waals surface area contributed by atoms with Crippen LogP contribution in [-0.2, 0) is 16.0 Å². The van der Waals surface area contributed by atoms with Crippen LogP contribution >= 0.6 is 0 Å². The van der Waals surface area contributed by atoms with Gasteiger partial charge in [0.1, 0.15) is 0 Å². The van der Waals surface area contributed by atoms with Crippen LogP contribution in [0.2, 0.25) is 0 Å². The van der Waals surface area contributed by atoms with Crippen LogP contribution in [0.5, 0.6) is 0 Å². The SMILES string of the molecule is CCCC[C@H](N)C(=O)Nc1ccc(CCC(=O)O)cc1. The number of nitrogens with one attached hydrogen (secondary N) is 1. The number of anilines is 1. The number of carbonyl (C=O) groups excluding carboxylic acids is 1. The summed E-state index contributed by atoms with van der Waals surface area (Å²) in [4.78, 5) is 22.3. The largest absolute Gasteiger partial charge is 0.481 e. The molecule has 20 heavy (non-hydrogen) atoms. The Morgan fingerprint density at radius 1 is 1.30 bits per heavy atom. The van der Waals surface area contributed by atoms with Gasteiger partial charge in [-0.25, -0.2) is 0 Å². The third-order valence-corrected chi connectivity index (χ3v) is 3.05. The number of unbranched alkanes of at least 4 members (excludes halogenated alkanes) is 1. The van der Waals surface area contributed by atoms with E-state index in [1.807, 2.05) is 12.1 Å². The van der Waals surface area contributed by atoms with E-state index in [1.54, 1.807) is 12.1 Å². The van der Waals surface area contributed by atoms with Crippen LogP contribution in [0.3, 0.4) is 0 Å². The summed E-state index contributed by atoms with van der Waals surface area (Å²) in [6, 6.07) is 6.68. The van der Waals surface area contributed by atoms with Crippen LogP contribution in [0, 0.1) is 0 Å². The van der Waals surface area contributed by atoms with Crippen molar-refractivity contribution in [2.45, 2.75) is 45.1 Å².